The molecule has 0 amide bonds. The highest BCUT2D eigenvalue weighted by Crippen LogP contribution is 2.24. The van der Waals surface area contributed by atoms with Gasteiger partial charge in [0.1, 0.15) is 0 Å². The molecule has 0 radical (unpaired) electrons. The molecule has 1 atom stereocenters. The Hall–Kier alpha value is -0.0800. The normalized spacial score (nSPS) is 29.4. The van der Waals surface area contributed by atoms with E-state index >= 15 is 0 Å². The van der Waals surface area contributed by atoms with Gasteiger partial charge in [-0.25, -0.2) is 0 Å². The molecule has 2 rings (SSSR count). The molecule has 0 aromatic rings. The van der Waals surface area contributed by atoms with Gasteiger partial charge in [0.25, 0.3) is 0 Å². The number of nitrogens with one attached hydrogen (secondary N) is 1. The summed E-state index contributed by atoms with van der Waals surface area (Å²) in [5, 5.41) is 3.47. The molecule has 2 aliphatic rings. The molecule has 2 fully saturated rings. The molecule has 0 saturated carbocycles. The molecule has 0 aromatic carbocycles. The zero-order valence-electron chi connectivity index (χ0n) is 10.9. The Kier molecular flexibility index (Phi) is 5.11. The highest BCUT2D eigenvalue weighted by molar-refractivity contribution is 4.80. The van der Waals surface area contributed by atoms with Crippen LogP contribution in [0.2, 0.25) is 0 Å². The molecule has 2 heterocycles. The van der Waals surface area contributed by atoms with Gasteiger partial charge >= 0.3 is 0 Å². The van der Waals surface area contributed by atoms with Crippen molar-refractivity contribution < 1.29 is 0 Å². The van der Waals surface area contributed by atoms with Gasteiger partial charge in [-0.05, 0) is 57.7 Å². The third-order valence-electron chi connectivity index (χ3n) is 4.32. The predicted octanol–water partition coefficient (Wildman–Crippen LogP) is 2.64. The number of hydrogen-bond acceptors (Lipinski definition) is 2. The zero-order valence-corrected chi connectivity index (χ0v) is 10.9. The molecular weight excluding hydrogens is 196 g/mol. The van der Waals surface area contributed by atoms with E-state index in [1.165, 1.54) is 71.1 Å². The molecule has 0 aliphatic carbocycles. The molecule has 2 heteroatoms. The number of likely N-dealkylation sites (tertiary alicyclic amines) is 1. The fraction of sp³-hybridized carbons (Fsp3) is 1.00. The number of hydrogen-bond donors (Lipinski definition) is 1. The lowest BCUT2D eigenvalue weighted by atomic mass is 9.93. The Balaban J connectivity index is 1.80. The van der Waals surface area contributed by atoms with Crippen molar-refractivity contribution in [2.24, 2.45) is 5.92 Å². The maximum Gasteiger partial charge on any atom is 0.00952 e. The lowest BCUT2D eigenvalue weighted by molar-refractivity contribution is 0.109. The highest BCUT2D eigenvalue weighted by Gasteiger charge is 2.24. The van der Waals surface area contributed by atoms with Gasteiger partial charge in [0.2, 0.25) is 0 Å². The Morgan fingerprint density at radius 3 is 2.69 bits per heavy atom. The van der Waals surface area contributed by atoms with Crippen molar-refractivity contribution in [1.82, 2.24) is 10.2 Å². The summed E-state index contributed by atoms with van der Waals surface area (Å²) in [5.74, 6) is 0.971. The minimum Gasteiger partial charge on any atom is -0.317 e. The van der Waals surface area contributed by atoms with E-state index in [1.54, 1.807) is 0 Å². The summed E-state index contributed by atoms with van der Waals surface area (Å²) in [4.78, 5) is 2.81. The van der Waals surface area contributed by atoms with E-state index in [1.807, 2.05) is 0 Å². The Morgan fingerprint density at radius 1 is 1.12 bits per heavy atom. The first-order valence-corrected chi connectivity index (χ1v) is 7.35. The van der Waals surface area contributed by atoms with Gasteiger partial charge in [-0.2, -0.15) is 0 Å². The molecule has 2 nitrogen and oxygen atoms in total. The Morgan fingerprint density at radius 2 is 1.94 bits per heavy atom. The van der Waals surface area contributed by atoms with E-state index in [9.17, 15) is 0 Å². The fourth-order valence-electron chi connectivity index (χ4n) is 3.36. The topological polar surface area (TPSA) is 15.3 Å². The van der Waals surface area contributed by atoms with Crippen LogP contribution in [0.15, 0.2) is 0 Å². The minimum atomic E-state index is 0.911. The molecule has 1 unspecified atom stereocenters. The van der Waals surface area contributed by atoms with Gasteiger partial charge in [-0.15, -0.1) is 0 Å². The van der Waals surface area contributed by atoms with E-state index in [0.29, 0.717) is 0 Å². The van der Waals surface area contributed by atoms with Gasteiger partial charge in [0.05, 0.1) is 0 Å². The first-order valence-electron chi connectivity index (χ1n) is 7.35. The van der Waals surface area contributed by atoms with Gasteiger partial charge in [0, 0.05) is 12.6 Å². The summed E-state index contributed by atoms with van der Waals surface area (Å²) >= 11 is 0. The van der Waals surface area contributed by atoms with Crippen LogP contribution in [0.3, 0.4) is 0 Å². The average molecular weight is 224 g/mol. The van der Waals surface area contributed by atoms with Crippen molar-refractivity contribution in [3.8, 4) is 0 Å². The van der Waals surface area contributed by atoms with Crippen LogP contribution in [0.1, 0.15) is 51.9 Å². The van der Waals surface area contributed by atoms with Gasteiger partial charge < -0.3 is 10.2 Å². The smallest absolute Gasteiger partial charge is 0.00952 e. The third-order valence-corrected chi connectivity index (χ3v) is 4.32. The Labute approximate surface area is 101 Å². The lowest BCUT2D eigenvalue weighted by Crippen LogP contribution is -2.44. The zero-order chi connectivity index (χ0) is 11.2. The molecule has 0 bridgehead atoms. The van der Waals surface area contributed by atoms with Crippen LogP contribution in [0.5, 0.6) is 0 Å². The van der Waals surface area contributed by atoms with Crippen LogP contribution in [0.4, 0.5) is 0 Å². The monoisotopic (exact) mass is 224 g/mol. The van der Waals surface area contributed by atoms with Crippen molar-refractivity contribution in [2.75, 3.05) is 26.2 Å². The van der Waals surface area contributed by atoms with Crippen molar-refractivity contribution in [2.45, 2.75) is 57.9 Å². The van der Waals surface area contributed by atoms with E-state index in [4.69, 9.17) is 0 Å². The standard InChI is InChI=1S/C14H28N2/c1-2-5-14-6-3-4-11-16(14)12-13-7-9-15-10-8-13/h13-15H,2-12H2,1H3. The van der Waals surface area contributed by atoms with Crippen LogP contribution in [0, 0.1) is 5.92 Å². The SMILES string of the molecule is CCCC1CCCCN1CC1CCNCC1. The highest BCUT2D eigenvalue weighted by atomic mass is 15.2. The molecular formula is C14H28N2. The van der Waals surface area contributed by atoms with E-state index in [0.717, 1.165) is 12.0 Å². The predicted molar refractivity (Wildman–Crippen MR) is 69.7 cm³/mol. The lowest BCUT2D eigenvalue weighted by Gasteiger charge is -2.39. The molecule has 1 N–H and O–H groups in total. The van der Waals surface area contributed by atoms with Crippen LogP contribution >= 0.6 is 0 Å². The molecule has 16 heavy (non-hydrogen) atoms. The largest absolute Gasteiger partial charge is 0.317 e. The second-order valence-corrected chi connectivity index (χ2v) is 5.63. The summed E-state index contributed by atoms with van der Waals surface area (Å²) < 4.78 is 0. The molecule has 2 aliphatic heterocycles. The van der Waals surface area contributed by atoms with E-state index in [2.05, 4.69) is 17.1 Å². The molecule has 2 saturated heterocycles. The van der Waals surface area contributed by atoms with Gasteiger partial charge in [-0.1, -0.05) is 19.8 Å². The second kappa shape index (κ2) is 6.61. The van der Waals surface area contributed by atoms with Crippen LogP contribution in [-0.4, -0.2) is 37.1 Å². The Bertz CT molecular complexity index is 185. The fourth-order valence-corrected chi connectivity index (χ4v) is 3.36. The van der Waals surface area contributed by atoms with Crippen molar-refractivity contribution in [3.05, 3.63) is 0 Å². The minimum absolute atomic E-state index is 0.911. The first kappa shape index (κ1) is 12.4. The maximum atomic E-state index is 3.47. The second-order valence-electron chi connectivity index (χ2n) is 5.63. The van der Waals surface area contributed by atoms with Crippen molar-refractivity contribution in [3.63, 3.8) is 0 Å². The summed E-state index contributed by atoms with van der Waals surface area (Å²) in [5.41, 5.74) is 0. The molecule has 0 spiro atoms. The first-order chi connectivity index (χ1) is 7.90. The van der Waals surface area contributed by atoms with Crippen LogP contribution in [-0.2, 0) is 0 Å². The average Bonchev–Trinajstić information content (AvgIpc) is 2.33. The summed E-state index contributed by atoms with van der Waals surface area (Å²) in [7, 11) is 0. The van der Waals surface area contributed by atoms with Gasteiger partial charge in [0.15, 0.2) is 0 Å². The summed E-state index contributed by atoms with van der Waals surface area (Å²) in [6.45, 7) is 7.58. The van der Waals surface area contributed by atoms with Gasteiger partial charge in [-0.3, -0.25) is 0 Å². The quantitative estimate of drug-likeness (QED) is 0.790. The molecule has 94 valence electrons. The maximum absolute atomic E-state index is 3.47. The summed E-state index contributed by atoms with van der Waals surface area (Å²) in [6, 6.07) is 0.911. The summed E-state index contributed by atoms with van der Waals surface area (Å²) in [6.07, 6.45) is 9.93. The number of piperidine rings is 2. The van der Waals surface area contributed by atoms with Crippen LogP contribution in [0.25, 0.3) is 0 Å². The molecule has 0 aromatic heterocycles. The number of rotatable bonds is 4. The van der Waals surface area contributed by atoms with E-state index < -0.39 is 0 Å². The third kappa shape index (κ3) is 3.46. The van der Waals surface area contributed by atoms with Crippen molar-refractivity contribution in [1.29, 1.82) is 0 Å². The van der Waals surface area contributed by atoms with Crippen LogP contribution < -0.4 is 5.32 Å². The number of nitrogens with zero attached hydrogens (tertiary/aromatic N) is 1. The van der Waals surface area contributed by atoms with Crippen molar-refractivity contribution >= 4 is 0 Å². The van der Waals surface area contributed by atoms with E-state index in [-0.39, 0.29) is 0 Å².